The molecule has 0 saturated carbocycles. The Kier molecular flexibility index (Phi) is 1.83. The summed E-state index contributed by atoms with van der Waals surface area (Å²) in [5.41, 5.74) is 3.32. The standard InChI is InChI=1S/C11H14N2/c1-7(2)10-5-4-9-6-8(3)12-11(9)13-10/h4-7H,1-3H3,(H,12,13). The van der Waals surface area contributed by atoms with Crippen LogP contribution in [-0.4, -0.2) is 9.97 Å². The summed E-state index contributed by atoms with van der Waals surface area (Å²) in [5.74, 6) is 0.494. The summed E-state index contributed by atoms with van der Waals surface area (Å²) >= 11 is 0. The molecule has 0 aromatic carbocycles. The van der Waals surface area contributed by atoms with Gasteiger partial charge in [0.05, 0.1) is 0 Å². The molecule has 0 atom stereocenters. The first kappa shape index (κ1) is 8.30. The zero-order chi connectivity index (χ0) is 9.42. The fourth-order valence-corrected chi connectivity index (χ4v) is 1.48. The minimum absolute atomic E-state index is 0.494. The van der Waals surface area contributed by atoms with Crippen LogP contribution >= 0.6 is 0 Å². The van der Waals surface area contributed by atoms with Crippen molar-refractivity contribution >= 4 is 11.0 Å². The van der Waals surface area contributed by atoms with Crippen LogP contribution in [-0.2, 0) is 0 Å². The molecule has 0 spiro atoms. The third-order valence-electron chi connectivity index (χ3n) is 2.23. The smallest absolute Gasteiger partial charge is 0.137 e. The Morgan fingerprint density at radius 1 is 1.31 bits per heavy atom. The number of pyridine rings is 1. The molecule has 2 nitrogen and oxygen atoms in total. The van der Waals surface area contributed by atoms with E-state index in [1.54, 1.807) is 0 Å². The van der Waals surface area contributed by atoms with Crippen LogP contribution in [0.5, 0.6) is 0 Å². The Labute approximate surface area is 78.0 Å². The minimum Gasteiger partial charge on any atom is -0.344 e. The Morgan fingerprint density at radius 3 is 2.77 bits per heavy atom. The first-order valence-corrected chi connectivity index (χ1v) is 4.63. The molecule has 2 heteroatoms. The summed E-state index contributed by atoms with van der Waals surface area (Å²) in [5, 5.41) is 1.20. The molecule has 0 aliphatic rings. The number of aromatic amines is 1. The van der Waals surface area contributed by atoms with Crippen molar-refractivity contribution in [3.8, 4) is 0 Å². The van der Waals surface area contributed by atoms with Crippen LogP contribution in [0.4, 0.5) is 0 Å². The largest absolute Gasteiger partial charge is 0.344 e. The predicted octanol–water partition coefficient (Wildman–Crippen LogP) is 2.99. The van der Waals surface area contributed by atoms with Gasteiger partial charge in [0.2, 0.25) is 0 Å². The molecule has 2 heterocycles. The van der Waals surface area contributed by atoms with Gasteiger partial charge in [-0.2, -0.15) is 0 Å². The van der Waals surface area contributed by atoms with Crippen LogP contribution in [0.2, 0.25) is 0 Å². The van der Waals surface area contributed by atoms with Gasteiger partial charge >= 0.3 is 0 Å². The number of rotatable bonds is 1. The van der Waals surface area contributed by atoms with E-state index in [0.29, 0.717) is 5.92 Å². The molecule has 2 aromatic heterocycles. The zero-order valence-corrected chi connectivity index (χ0v) is 8.26. The Hall–Kier alpha value is -1.31. The molecule has 68 valence electrons. The second-order valence-electron chi connectivity index (χ2n) is 3.78. The second-order valence-corrected chi connectivity index (χ2v) is 3.78. The molecule has 0 unspecified atom stereocenters. The SMILES string of the molecule is Cc1cc2ccc(C(C)C)nc2[nH]1. The van der Waals surface area contributed by atoms with Gasteiger partial charge in [0.25, 0.3) is 0 Å². The molecule has 0 saturated heterocycles. The van der Waals surface area contributed by atoms with Gasteiger partial charge in [0.1, 0.15) is 5.65 Å². The van der Waals surface area contributed by atoms with E-state index in [1.807, 2.05) is 0 Å². The highest BCUT2D eigenvalue weighted by Gasteiger charge is 2.03. The summed E-state index contributed by atoms with van der Waals surface area (Å²) in [6.07, 6.45) is 0. The number of H-pyrrole nitrogens is 1. The second kappa shape index (κ2) is 2.87. The fourth-order valence-electron chi connectivity index (χ4n) is 1.48. The van der Waals surface area contributed by atoms with Crippen molar-refractivity contribution in [1.29, 1.82) is 0 Å². The summed E-state index contributed by atoms with van der Waals surface area (Å²) < 4.78 is 0. The average molecular weight is 174 g/mol. The van der Waals surface area contributed by atoms with Gasteiger partial charge < -0.3 is 4.98 Å². The topological polar surface area (TPSA) is 28.7 Å². The number of hydrogen-bond acceptors (Lipinski definition) is 1. The van der Waals surface area contributed by atoms with Gasteiger partial charge in [0.15, 0.2) is 0 Å². The monoisotopic (exact) mass is 174 g/mol. The molecule has 0 amide bonds. The molecular formula is C11H14N2. The van der Waals surface area contributed by atoms with Gasteiger partial charge in [-0.05, 0) is 31.0 Å². The first-order chi connectivity index (χ1) is 6.16. The zero-order valence-electron chi connectivity index (χ0n) is 8.26. The fraction of sp³-hybridized carbons (Fsp3) is 0.364. The minimum atomic E-state index is 0.494. The molecule has 2 aromatic rings. The lowest BCUT2D eigenvalue weighted by molar-refractivity contribution is 0.828. The number of fused-ring (bicyclic) bond motifs is 1. The Morgan fingerprint density at radius 2 is 2.08 bits per heavy atom. The van der Waals surface area contributed by atoms with Gasteiger partial charge in [-0.25, -0.2) is 4.98 Å². The lowest BCUT2D eigenvalue weighted by Crippen LogP contribution is -1.91. The Bertz CT molecular complexity index is 427. The predicted molar refractivity (Wildman–Crippen MR) is 54.9 cm³/mol. The lowest BCUT2D eigenvalue weighted by atomic mass is 10.1. The van der Waals surface area contributed by atoms with E-state index >= 15 is 0 Å². The van der Waals surface area contributed by atoms with Crippen LogP contribution < -0.4 is 0 Å². The molecule has 0 bridgehead atoms. The maximum Gasteiger partial charge on any atom is 0.137 e. The molecule has 0 aliphatic carbocycles. The number of aryl methyl sites for hydroxylation is 1. The molecule has 0 radical (unpaired) electrons. The van der Waals surface area contributed by atoms with Gasteiger partial charge in [-0.3, -0.25) is 0 Å². The van der Waals surface area contributed by atoms with E-state index < -0.39 is 0 Å². The first-order valence-electron chi connectivity index (χ1n) is 4.63. The number of nitrogens with zero attached hydrogens (tertiary/aromatic N) is 1. The van der Waals surface area contributed by atoms with Gasteiger partial charge in [-0.15, -0.1) is 0 Å². The van der Waals surface area contributed by atoms with Crippen LogP contribution in [0.1, 0.15) is 31.2 Å². The van der Waals surface area contributed by atoms with E-state index in [0.717, 1.165) is 11.3 Å². The van der Waals surface area contributed by atoms with Crippen LogP contribution in [0.15, 0.2) is 18.2 Å². The Balaban J connectivity index is 2.61. The van der Waals surface area contributed by atoms with E-state index in [9.17, 15) is 0 Å². The average Bonchev–Trinajstić information content (AvgIpc) is 2.42. The van der Waals surface area contributed by atoms with Crippen molar-refractivity contribution in [2.45, 2.75) is 26.7 Å². The van der Waals surface area contributed by atoms with Crippen molar-refractivity contribution in [3.63, 3.8) is 0 Å². The van der Waals surface area contributed by atoms with Crippen molar-refractivity contribution in [2.75, 3.05) is 0 Å². The quantitative estimate of drug-likeness (QED) is 0.707. The van der Waals surface area contributed by atoms with Gasteiger partial charge in [0, 0.05) is 16.8 Å². The van der Waals surface area contributed by atoms with Crippen molar-refractivity contribution in [1.82, 2.24) is 9.97 Å². The highest BCUT2D eigenvalue weighted by Crippen LogP contribution is 2.17. The van der Waals surface area contributed by atoms with E-state index in [2.05, 4.69) is 48.9 Å². The molecular weight excluding hydrogens is 160 g/mol. The molecule has 1 N–H and O–H groups in total. The van der Waals surface area contributed by atoms with E-state index in [4.69, 9.17) is 0 Å². The maximum absolute atomic E-state index is 4.54. The number of hydrogen-bond donors (Lipinski definition) is 1. The number of nitrogens with one attached hydrogen (secondary N) is 1. The molecule has 2 rings (SSSR count). The van der Waals surface area contributed by atoms with Crippen LogP contribution in [0.3, 0.4) is 0 Å². The van der Waals surface area contributed by atoms with Crippen molar-refractivity contribution in [3.05, 3.63) is 29.6 Å². The summed E-state index contributed by atoms with van der Waals surface area (Å²) in [6.45, 7) is 6.37. The third-order valence-corrected chi connectivity index (χ3v) is 2.23. The normalized spacial score (nSPS) is 11.4. The summed E-state index contributed by atoms with van der Waals surface area (Å²) in [6, 6.07) is 6.34. The highest BCUT2D eigenvalue weighted by atomic mass is 14.9. The molecule has 0 aliphatic heterocycles. The third kappa shape index (κ3) is 1.44. The van der Waals surface area contributed by atoms with Crippen LogP contribution in [0, 0.1) is 6.92 Å². The highest BCUT2D eigenvalue weighted by molar-refractivity contribution is 5.76. The summed E-state index contributed by atoms with van der Waals surface area (Å²) in [4.78, 5) is 7.78. The maximum atomic E-state index is 4.54. The van der Waals surface area contributed by atoms with Crippen molar-refractivity contribution in [2.24, 2.45) is 0 Å². The van der Waals surface area contributed by atoms with E-state index in [-0.39, 0.29) is 0 Å². The molecule has 0 fully saturated rings. The number of aromatic nitrogens is 2. The van der Waals surface area contributed by atoms with E-state index in [1.165, 1.54) is 11.1 Å². The van der Waals surface area contributed by atoms with Crippen LogP contribution in [0.25, 0.3) is 11.0 Å². The van der Waals surface area contributed by atoms with Crippen molar-refractivity contribution < 1.29 is 0 Å². The lowest BCUT2D eigenvalue weighted by Gasteiger charge is -2.02. The molecule has 13 heavy (non-hydrogen) atoms. The van der Waals surface area contributed by atoms with Gasteiger partial charge in [-0.1, -0.05) is 13.8 Å². The summed E-state index contributed by atoms with van der Waals surface area (Å²) in [7, 11) is 0.